The molecule has 168 valence electrons. The molecule has 0 aliphatic carbocycles. The molecule has 33 heavy (non-hydrogen) atoms. The van der Waals surface area contributed by atoms with Crippen molar-refractivity contribution in [1.82, 2.24) is 9.55 Å². The SMILES string of the molecule is Cc1cn2c(nc1=O)OC1C2O[C@@H](COC(=O)c2ccccc2)[C@@H]1OC(=O)c1ccccc1. The van der Waals surface area contributed by atoms with Crippen LogP contribution in [0.15, 0.2) is 71.7 Å². The summed E-state index contributed by atoms with van der Waals surface area (Å²) in [6.07, 6.45) is -1.55. The first kappa shape index (κ1) is 20.9. The Labute approximate surface area is 188 Å². The minimum atomic E-state index is -0.900. The summed E-state index contributed by atoms with van der Waals surface area (Å²) in [5.74, 6) is -1.09. The maximum absolute atomic E-state index is 12.8. The minimum absolute atomic E-state index is 0.0843. The molecule has 0 saturated carbocycles. The lowest BCUT2D eigenvalue weighted by Crippen LogP contribution is -2.40. The molecule has 1 fully saturated rings. The molecule has 2 aliphatic rings. The quantitative estimate of drug-likeness (QED) is 0.548. The summed E-state index contributed by atoms with van der Waals surface area (Å²) >= 11 is 0. The lowest BCUT2D eigenvalue weighted by Gasteiger charge is -2.22. The van der Waals surface area contributed by atoms with Crippen molar-refractivity contribution in [1.29, 1.82) is 0 Å². The van der Waals surface area contributed by atoms with E-state index in [0.717, 1.165) is 0 Å². The molecule has 9 heteroatoms. The fourth-order valence-corrected chi connectivity index (χ4v) is 3.86. The fraction of sp³-hybridized carbons (Fsp3) is 0.250. The third kappa shape index (κ3) is 3.98. The van der Waals surface area contributed by atoms with Crippen molar-refractivity contribution in [3.8, 4) is 6.01 Å². The van der Waals surface area contributed by atoms with Crippen LogP contribution in [0.4, 0.5) is 0 Å². The zero-order valence-electron chi connectivity index (χ0n) is 17.6. The Kier molecular flexibility index (Phi) is 5.39. The summed E-state index contributed by atoms with van der Waals surface area (Å²) in [6.45, 7) is 1.48. The van der Waals surface area contributed by atoms with Crippen LogP contribution in [0.3, 0.4) is 0 Å². The van der Waals surface area contributed by atoms with Gasteiger partial charge in [-0.2, -0.15) is 4.98 Å². The first-order valence-electron chi connectivity index (χ1n) is 10.4. The lowest BCUT2D eigenvalue weighted by molar-refractivity contribution is -0.0575. The van der Waals surface area contributed by atoms with Gasteiger partial charge in [0.15, 0.2) is 18.4 Å². The molecule has 2 aromatic carbocycles. The Morgan fingerprint density at radius 2 is 1.64 bits per heavy atom. The predicted octanol–water partition coefficient (Wildman–Crippen LogP) is 2.29. The van der Waals surface area contributed by atoms with Crippen LogP contribution >= 0.6 is 0 Å². The summed E-state index contributed by atoms with van der Waals surface area (Å²) in [5, 5.41) is 0. The van der Waals surface area contributed by atoms with Gasteiger partial charge in [0.2, 0.25) is 0 Å². The van der Waals surface area contributed by atoms with Gasteiger partial charge < -0.3 is 18.9 Å². The number of esters is 2. The van der Waals surface area contributed by atoms with E-state index in [2.05, 4.69) is 4.98 Å². The van der Waals surface area contributed by atoms with Crippen molar-refractivity contribution in [3.63, 3.8) is 0 Å². The number of hydrogen-bond donors (Lipinski definition) is 0. The summed E-state index contributed by atoms with van der Waals surface area (Å²) in [6, 6.07) is 17.1. The summed E-state index contributed by atoms with van der Waals surface area (Å²) in [4.78, 5) is 41.0. The number of carbonyl (C=O) groups excluding carboxylic acids is 2. The van der Waals surface area contributed by atoms with Crippen LogP contribution in [0.1, 0.15) is 32.5 Å². The van der Waals surface area contributed by atoms with Gasteiger partial charge in [-0.15, -0.1) is 0 Å². The van der Waals surface area contributed by atoms with E-state index >= 15 is 0 Å². The van der Waals surface area contributed by atoms with Crippen molar-refractivity contribution < 1.29 is 28.5 Å². The van der Waals surface area contributed by atoms with Crippen molar-refractivity contribution >= 4 is 11.9 Å². The van der Waals surface area contributed by atoms with Crippen molar-refractivity contribution in [3.05, 3.63) is 93.9 Å². The van der Waals surface area contributed by atoms with Gasteiger partial charge in [0.1, 0.15) is 12.7 Å². The maximum atomic E-state index is 12.8. The predicted molar refractivity (Wildman–Crippen MR) is 114 cm³/mol. The average molecular weight is 448 g/mol. The van der Waals surface area contributed by atoms with Crippen molar-refractivity contribution in [2.75, 3.05) is 6.61 Å². The number of fused-ring (bicyclic) bond motifs is 3. The highest BCUT2D eigenvalue weighted by Gasteiger charge is 2.54. The van der Waals surface area contributed by atoms with Gasteiger partial charge in [-0.1, -0.05) is 36.4 Å². The van der Waals surface area contributed by atoms with Crippen molar-refractivity contribution in [2.24, 2.45) is 0 Å². The number of carbonyl (C=O) groups is 2. The highest BCUT2D eigenvalue weighted by Crippen LogP contribution is 2.40. The number of benzene rings is 2. The Morgan fingerprint density at radius 1 is 1.00 bits per heavy atom. The van der Waals surface area contributed by atoms with E-state index in [1.807, 2.05) is 0 Å². The molecule has 3 aromatic rings. The van der Waals surface area contributed by atoms with Crippen LogP contribution in [0.25, 0.3) is 0 Å². The molecule has 0 bridgehead atoms. The number of nitrogens with zero attached hydrogens (tertiary/aromatic N) is 2. The second kappa shape index (κ2) is 8.51. The number of ether oxygens (including phenoxy) is 4. The summed E-state index contributed by atoms with van der Waals surface area (Å²) in [5.41, 5.74) is 0.767. The topological polar surface area (TPSA) is 106 Å². The van der Waals surface area contributed by atoms with E-state index in [4.69, 9.17) is 18.9 Å². The molecular weight excluding hydrogens is 428 g/mol. The third-order valence-electron chi connectivity index (χ3n) is 5.53. The normalized spacial score (nSPS) is 22.7. The largest absolute Gasteiger partial charge is 0.459 e. The molecule has 0 amide bonds. The molecule has 1 saturated heterocycles. The van der Waals surface area contributed by atoms with Crippen molar-refractivity contribution in [2.45, 2.75) is 31.5 Å². The van der Waals surface area contributed by atoms with Crippen LogP contribution in [-0.2, 0) is 14.2 Å². The number of rotatable bonds is 5. The Morgan fingerprint density at radius 3 is 2.30 bits per heavy atom. The number of aryl methyl sites for hydroxylation is 1. The average Bonchev–Trinajstić information content (AvgIpc) is 3.34. The molecular formula is C24H20N2O7. The molecule has 0 spiro atoms. The number of aromatic nitrogens is 2. The summed E-state index contributed by atoms with van der Waals surface area (Å²) in [7, 11) is 0. The monoisotopic (exact) mass is 448 g/mol. The zero-order chi connectivity index (χ0) is 22.9. The van der Waals surface area contributed by atoms with Gasteiger partial charge in [-0.05, 0) is 31.2 Å². The minimum Gasteiger partial charge on any atom is -0.459 e. The number of hydrogen-bond acceptors (Lipinski definition) is 8. The highest BCUT2D eigenvalue weighted by molar-refractivity contribution is 5.90. The highest BCUT2D eigenvalue weighted by atomic mass is 16.7. The first-order valence-corrected chi connectivity index (χ1v) is 10.4. The summed E-state index contributed by atoms with van der Waals surface area (Å²) < 4.78 is 24.7. The van der Waals surface area contributed by atoms with E-state index in [1.165, 1.54) is 0 Å². The van der Waals surface area contributed by atoms with E-state index in [1.54, 1.807) is 78.4 Å². The van der Waals surface area contributed by atoms with Gasteiger partial charge >= 0.3 is 17.9 Å². The van der Waals surface area contributed by atoms with Gasteiger partial charge in [0.05, 0.1) is 11.1 Å². The third-order valence-corrected chi connectivity index (χ3v) is 5.53. The van der Waals surface area contributed by atoms with Crippen LogP contribution in [-0.4, -0.2) is 46.4 Å². The maximum Gasteiger partial charge on any atom is 0.338 e. The Balaban J connectivity index is 1.38. The van der Waals surface area contributed by atoms with Crippen LogP contribution in [0.2, 0.25) is 0 Å². The smallest absolute Gasteiger partial charge is 0.338 e. The van der Waals surface area contributed by atoms with E-state index in [-0.39, 0.29) is 12.6 Å². The van der Waals surface area contributed by atoms with Crippen LogP contribution < -0.4 is 10.3 Å². The van der Waals surface area contributed by atoms with Gasteiger partial charge in [-0.3, -0.25) is 9.36 Å². The molecule has 9 nitrogen and oxygen atoms in total. The molecule has 0 N–H and O–H groups in total. The van der Waals surface area contributed by atoms with Gasteiger partial charge in [-0.25, -0.2) is 9.59 Å². The molecule has 2 unspecified atom stereocenters. The van der Waals surface area contributed by atoms with Crippen LogP contribution in [0, 0.1) is 6.92 Å². The lowest BCUT2D eigenvalue weighted by atomic mass is 10.1. The molecule has 1 aromatic heterocycles. The molecule has 2 aliphatic heterocycles. The van der Waals surface area contributed by atoms with Gasteiger partial charge in [0, 0.05) is 11.8 Å². The Hall–Kier alpha value is -3.98. The second-order valence-corrected chi connectivity index (χ2v) is 7.77. The zero-order valence-corrected chi connectivity index (χ0v) is 17.6. The molecule has 4 atom stereocenters. The fourth-order valence-electron chi connectivity index (χ4n) is 3.86. The van der Waals surface area contributed by atoms with E-state index < -0.39 is 42.0 Å². The van der Waals surface area contributed by atoms with Gasteiger partial charge in [0.25, 0.3) is 5.56 Å². The van der Waals surface area contributed by atoms with E-state index in [0.29, 0.717) is 16.7 Å². The first-order chi connectivity index (χ1) is 16.0. The molecule has 0 radical (unpaired) electrons. The Bertz CT molecular complexity index is 1240. The standard InChI is InChI=1S/C24H20N2O7/c1-14-12-26-21-19(33-24(26)25-20(14)27)18(32-23(29)16-10-6-3-7-11-16)17(31-21)13-30-22(28)15-8-4-2-5-9-15/h2-12,17-19,21H,13H2,1H3/t17-,18-,19?,21?/m0/s1. The molecule has 5 rings (SSSR count). The van der Waals surface area contributed by atoms with E-state index in [9.17, 15) is 14.4 Å². The second-order valence-electron chi connectivity index (χ2n) is 7.77. The molecule has 3 heterocycles. The van der Waals surface area contributed by atoms with Crippen LogP contribution in [0.5, 0.6) is 6.01 Å².